The second kappa shape index (κ2) is 8.38. The van der Waals surface area contributed by atoms with Crippen molar-refractivity contribution in [2.75, 3.05) is 42.9 Å². The number of nitrogens with zero attached hydrogens (tertiary/aromatic N) is 1. The van der Waals surface area contributed by atoms with Crippen LogP contribution in [0.1, 0.15) is 31.2 Å². The Labute approximate surface area is 161 Å². The van der Waals surface area contributed by atoms with Crippen molar-refractivity contribution in [2.24, 2.45) is 11.7 Å². The fraction of sp³-hybridized carbons (Fsp3) is 0.579. The van der Waals surface area contributed by atoms with Gasteiger partial charge in [-0.15, -0.1) is 0 Å². The Hall–Kier alpha value is -2.29. The summed E-state index contributed by atoms with van der Waals surface area (Å²) in [6.07, 6.45) is -1.26. The van der Waals surface area contributed by atoms with Gasteiger partial charge in [0.15, 0.2) is 6.54 Å². The number of piperidine rings is 1. The molecule has 2 aliphatic heterocycles. The predicted molar refractivity (Wildman–Crippen MR) is 99.0 cm³/mol. The van der Waals surface area contributed by atoms with E-state index in [9.17, 15) is 22.8 Å². The van der Waals surface area contributed by atoms with Gasteiger partial charge in [-0.2, -0.15) is 13.2 Å². The van der Waals surface area contributed by atoms with Crippen molar-refractivity contribution in [2.45, 2.75) is 31.9 Å². The van der Waals surface area contributed by atoms with Gasteiger partial charge in [-0.1, -0.05) is 0 Å². The van der Waals surface area contributed by atoms with Crippen LogP contribution in [-0.4, -0.2) is 44.5 Å². The Morgan fingerprint density at radius 3 is 2.39 bits per heavy atom. The zero-order valence-corrected chi connectivity index (χ0v) is 15.6. The van der Waals surface area contributed by atoms with Crippen LogP contribution in [0.25, 0.3) is 0 Å². The van der Waals surface area contributed by atoms with Crippen molar-refractivity contribution in [1.82, 2.24) is 0 Å². The highest BCUT2D eigenvalue weighted by Gasteiger charge is 2.32. The van der Waals surface area contributed by atoms with E-state index < -0.39 is 11.7 Å². The van der Waals surface area contributed by atoms with E-state index in [-0.39, 0.29) is 30.0 Å². The molecule has 0 radical (unpaired) electrons. The smallest absolute Gasteiger partial charge is 0.370 e. The van der Waals surface area contributed by atoms with Crippen LogP contribution in [0, 0.1) is 5.92 Å². The Kier molecular flexibility index (Phi) is 6.12. The molecule has 9 heteroatoms. The minimum atomic E-state index is -4.47. The van der Waals surface area contributed by atoms with Crippen molar-refractivity contribution in [3.05, 3.63) is 23.8 Å². The molecule has 0 atom stereocenters. The Morgan fingerprint density at radius 1 is 1.18 bits per heavy atom. The van der Waals surface area contributed by atoms with Crippen molar-refractivity contribution in [1.29, 1.82) is 0 Å². The molecule has 0 saturated carbocycles. The van der Waals surface area contributed by atoms with E-state index in [1.807, 2.05) is 4.90 Å². The number of carbonyl (C=O) groups is 2. The van der Waals surface area contributed by atoms with Crippen molar-refractivity contribution >= 4 is 23.2 Å². The van der Waals surface area contributed by atoms with Gasteiger partial charge in [0.25, 0.3) is 5.91 Å². The summed E-state index contributed by atoms with van der Waals surface area (Å²) in [7, 11) is 0. The first-order valence-corrected chi connectivity index (χ1v) is 9.63. The first-order chi connectivity index (χ1) is 13.2. The number of rotatable bonds is 5. The maximum Gasteiger partial charge on any atom is 0.416 e. The zero-order valence-electron chi connectivity index (χ0n) is 15.6. The number of alkyl halides is 3. The van der Waals surface area contributed by atoms with Crippen molar-refractivity contribution in [3.8, 4) is 0 Å². The molecule has 28 heavy (non-hydrogen) atoms. The van der Waals surface area contributed by atoms with Gasteiger partial charge in [0.1, 0.15) is 0 Å². The lowest BCUT2D eigenvalue weighted by molar-refractivity contribution is -0.897. The molecule has 0 aromatic heterocycles. The van der Waals surface area contributed by atoms with Gasteiger partial charge < -0.3 is 20.9 Å². The van der Waals surface area contributed by atoms with Crippen LogP contribution in [0.5, 0.6) is 0 Å². The molecule has 2 aliphatic rings. The van der Waals surface area contributed by atoms with Crippen LogP contribution in [-0.2, 0) is 15.8 Å². The topological polar surface area (TPSA) is 79.9 Å². The molecule has 6 nitrogen and oxygen atoms in total. The highest BCUT2D eigenvalue weighted by molar-refractivity contribution is 5.95. The summed E-state index contributed by atoms with van der Waals surface area (Å²) >= 11 is 0. The third-order valence-corrected chi connectivity index (χ3v) is 5.55. The maximum absolute atomic E-state index is 13.1. The molecule has 0 spiro atoms. The largest absolute Gasteiger partial charge is 0.416 e. The number of nitrogens with one attached hydrogen (secondary N) is 2. The van der Waals surface area contributed by atoms with E-state index in [0.717, 1.165) is 43.0 Å². The van der Waals surface area contributed by atoms with Crippen LogP contribution in [0.2, 0.25) is 0 Å². The lowest BCUT2D eigenvalue weighted by Gasteiger charge is -2.27. The summed E-state index contributed by atoms with van der Waals surface area (Å²) in [6.45, 7) is 2.96. The average molecular weight is 399 g/mol. The number of likely N-dealkylation sites (tertiary alicyclic amines) is 1. The third-order valence-electron chi connectivity index (χ3n) is 5.55. The van der Waals surface area contributed by atoms with Gasteiger partial charge in [-0.25, -0.2) is 0 Å². The van der Waals surface area contributed by atoms with Crippen molar-refractivity contribution < 1.29 is 27.7 Å². The number of anilines is 2. The molecule has 1 aromatic carbocycles. The molecule has 2 fully saturated rings. The summed E-state index contributed by atoms with van der Waals surface area (Å²) in [4.78, 5) is 26.7. The summed E-state index contributed by atoms with van der Waals surface area (Å²) in [5.74, 6) is -0.799. The number of hydrogen-bond acceptors (Lipinski definition) is 3. The fourth-order valence-corrected chi connectivity index (χ4v) is 3.96. The molecular weight excluding hydrogens is 373 g/mol. The quantitative estimate of drug-likeness (QED) is 0.692. The normalized spacial score (nSPS) is 22.9. The lowest BCUT2D eigenvalue weighted by Crippen LogP contribution is -3.14. The molecule has 0 bridgehead atoms. The molecule has 154 valence electrons. The van der Waals surface area contributed by atoms with Gasteiger partial charge in [0.05, 0.1) is 30.0 Å². The highest BCUT2D eigenvalue weighted by Crippen LogP contribution is 2.36. The van der Waals surface area contributed by atoms with Gasteiger partial charge in [-0.05, 0) is 31.0 Å². The molecule has 0 aliphatic carbocycles. The minimum Gasteiger partial charge on any atom is -0.370 e. The first kappa shape index (κ1) is 20.4. The molecule has 0 unspecified atom stereocenters. The SMILES string of the molecule is NC(=O)C1CC[NH+](CC(=O)Nc2cc(C(F)(F)F)ccc2N2CCCC2)CC1. The second-order valence-corrected chi connectivity index (χ2v) is 7.58. The Balaban J connectivity index is 1.69. The molecular formula is C19H26F3N4O2+. The summed E-state index contributed by atoms with van der Waals surface area (Å²) < 4.78 is 39.4. The number of halogens is 3. The number of benzene rings is 1. The van der Waals surface area contributed by atoms with Crippen LogP contribution in [0.15, 0.2) is 18.2 Å². The first-order valence-electron chi connectivity index (χ1n) is 9.63. The van der Waals surface area contributed by atoms with E-state index >= 15 is 0 Å². The van der Waals surface area contributed by atoms with Gasteiger partial charge >= 0.3 is 6.18 Å². The van der Waals surface area contributed by atoms with Crippen LogP contribution >= 0.6 is 0 Å². The van der Waals surface area contributed by atoms with E-state index in [1.54, 1.807) is 0 Å². The third kappa shape index (κ3) is 4.95. The number of nitrogens with two attached hydrogens (primary N) is 1. The molecule has 3 rings (SSSR count). The minimum absolute atomic E-state index is 0.154. The molecule has 2 amide bonds. The van der Waals surface area contributed by atoms with Crippen molar-refractivity contribution in [3.63, 3.8) is 0 Å². The number of quaternary nitrogens is 1. The average Bonchev–Trinajstić information content (AvgIpc) is 3.15. The second-order valence-electron chi connectivity index (χ2n) is 7.58. The van der Waals surface area contributed by atoms with E-state index in [2.05, 4.69) is 5.32 Å². The monoisotopic (exact) mass is 399 g/mol. The number of carbonyl (C=O) groups excluding carboxylic acids is 2. The lowest BCUT2D eigenvalue weighted by atomic mass is 9.96. The number of primary amides is 1. The van der Waals surface area contributed by atoms with Gasteiger partial charge in [0.2, 0.25) is 5.91 Å². The van der Waals surface area contributed by atoms with Crippen LogP contribution in [0.3, 0.4) is 0 Å². The number of hydrogen-bond donors (Lipinski definition) is 3. The summed E-state index contributed by atoms with van der Waals surface area (Å²) in [5.41, 5.74) is 5.37. The Morgan fingerprint density at radius 2 is 1.82 bits per heavy atom. The van der Waals surface area contributed by atoms with E-state index in [1.165, 1.54) is 6.07 Å². The van der Waals surface area contributed by atoms with Gasteiger partial charge in [0, 0.05) is 31.8 Å². The summed E-state index contributed by atoms with van der Waals surface area (Å²) in [6, 6.07) is 3.51. The van der Waals surface area contributed by atoms with Crippen LogP contribution in [0.4, 0.5) is 24.5 Å². The van der Waals surface area contributed by atoms with Crippen LogP contribution < -0.4 is 20.9 Å². The van der Waals surface area contributed by atoms with Gasteiger partial charge in [-0.3, -0.25) is 9.59 Å². The zero-order chi connectivity index (χ0) is 20.3. The maximum atomic E-state index is 13.1. The molecule has 2 saturated heterocycles. The Bertz CT molecular complexity index is 724. The van der Waals surface area contributed by atoms with E-state index in [4.69, 9.17) is 5.73 Å². The molecule has 2 heterocycles. The fourth-order valence-electron chi connectivity index (χ4n) is 3.96. The molecule has 4 N–H and O–H groups in total. The van der Waals surface area contributed by atoms with E-state index in [0.29, 0.717) is 31.6 Å². The highest BCUT2D eigenvalue weighted by atomic mass is 19.4. The predicted octanol–water partition coefficient (Wildman–Crippen LogP) is 1.02. The molecule has 1 aromatic rings. The standard InChI is InChI=1S/C19H25F3N4O2/c20-19(21,22)14-3-4-16(26-7-1-2-8-26)15(11-14)24-17(27)12-25-9-5-13(6-10-25)18(23)28/h3-4,11,13H,1-2,5-10,12H2,(H2,23,28)(H,24,27)/p+1. The number of amides is 2. The summed E-state index contributed by atoms with van der Waals surface area (Å²) in [5, 5.41) is 2.69.